The Balaban J connectivity index is 1.29. The number of anilines is 3. The smallest absolute Gasteiger partial charge is 0.320 e. The summed E-state index contributed by atoms with van der Waals surface area (Å²) < 4.78 is 16.0. The molecule has 1 aliphatic rings. The molecule has 0 bridgehead atoms. The number of amides is 1. The molecule has 10 nitrogen and oxygen atoms in total. The Morgan fingerprint density at radius 2 is 1.88 bits per heavy atom. The van der Waals surface area contributed by atoms with E-state index in [1.807, 2.05) is 0 Å². The minimum Gasteiger partial charge on any atom is -0.474 e. The summed E-state index contributed by atoms with van der Waals surface area (Å²) in [6, 6.07) is 8.16. The number of hydrogen-bond acceptors (Lipinski definition) is 9. The summed E-state index contributed by atoms with van der Waals surface area (Å²) in [6.45, 7) is 0. The van der Waals surface area contributed by atoms with Crippen LogP contribution < -0.4 is 15.4 Å². The van der Waals surface area contributed by atoms with Crippen molar-refractivity contribution in [3.05, 3.63) is 52.5 Å². The van der Waals surface area contributed by atoms with Crippen molar-refractivity contribution in [1.29, 1.82) is 0 Å². The first-order chi connectivity index (χ1) is 16.4. The van der Waals surface area contributed by atoms with Crippen LogP contribution in [0, 0.1) is 5.92 Å². The number of rotatable bonds is 7. The highest BCUT2D eigenvalue weighted by atomic mass is 35.5. The van der Waals surface area contributed by atoms with E-state index in [1.165, 1.54) is 13.3 Å². The Bertz CT molecular complexity index is 1160. The third-order valence-corrected chi connectivity index (χ3v) is 5.83. The average molecular weight is 506 g/mol. The lowest BCUT2D eigenvalue weighted by atomic mass is 9.87. The number of methoxy groups -OCH3 is 1. The van der Waals surface area contributed by atoms with Gasteiger partial charge in [0.05, 0.1) is 35.6 Å². The molecule has 0 saturated heterocycles. The van der Waals surface area contributed by atoms with Gasteiger partial charge in [0.2, 0.25) is 5.88 Å². The van der Waals surface area contributed by atoms with Gasteiger partial charge in [-0.25, -0.2) is 4.98 Å². The van der Waals surface area contributed by atoms with Gasteiger partial charge in [0.25, 0.3) is 0 Å². The summed E-state index contributed by atoms with van der Waals surface area (Å²) >= 11 is 12.0. The summed E-state index contributed by atoms with van der Waals surface area (Å²) in [4.78, 5) is 28.3. The molecular formula is C22H21Cl2N5O5. The lowest BCUT2D eigenvalue weighted by Crippen LogP contribution is -2.28. The molecular weight excluding hydrogens is 485 g/mol. The lowest BCUT2D eigenvalue weighted by Gasteiger charge is -2.27. The third kappa shape index (κ3) is 5.95. The molecule has 34 heavy (non-hydrogen) atoms. The van der Waals surface area contributed by atoms with Gasteiger partial charge in [0.1, 0.15) is 6.10 Å². The second-order valence-electron chi connectivity index (χ2n) is 7.62. The van der Waals surface area contributed by atoms with E-state index in [1.54, 1.807) is 30.3 Å². The fourth-order valence-corrected chi connectivity index (χ4v) is 3.99. The van der Waals surface area contributed by atoms with Crippen LogP contribution in [-0.2, 0) is 9.53 Å². The highest BCUT2D eigenvalue weighted by Crippen LogP contribution is 2.29. The zero-order valence-electron chi connectivity index (χ0n) is 18.1. The minimum atomic E-state index is -0.598. The largest absolute Gasteiger partial charge is 0.474 e. The quantitative estimate of drug-likeness (QED) is 0.431. The molecule has 4 rings (SSSR count). The second-order valence-corrected chi connectivity index (χ2v) is 8.46. The van der Waals surface area contributed by atoms with Crippen LogP contribution in [0.15, 0.2) is 40.9 Å². The first kappa shape index (κ1) is 23.8. The third-order valence-electron chi connectivity index (χ3n) is 5.28. The summed E-state index contributed by atoms with van der Waals surface area (Å²) in [7, 11) is 1.40. The number of halogens is 2. The molecule has 3 aromatic rings. The van der Waals surface area contributed by atoms with Crippen molar-refractivity contribution in [2.24, 2.45) is 5.92 Å². The van der Waals surface area contributed by atoms with Crippen LogP contribution >= 0.6 is 23.2 Å². The predicted molar refractivity (Wildman–Crippen MR) is 125 cm³/mol. The monoisotopic (exact) mass is 505 g/mol. The van der Waals surface area contributed by atoms with E-state index in [0.717, 1.165) is 25.7 Å². The van der Waals surface area contributed by atoms with E-state index in [0.29, 0.717) is 27.3 Å². The predicted octanol–water partition coefficient (Wildman–Crippen LogP) is 4.88. The molecule has 0 aliphatic heterocycles. The molecule has 1 amide bonds. The van der Waals surface area contributed by atoms with E-state index < -0.39 is 5.91 Å². The number of esters is 1. The first-order valence-corrected chi connectivity index (χ1v) is 11.2. The van der Waals surface area contributed by atoms with Gasteiger partial charge in [-0.3, -0.25) is 9.59 Å². The minimum absolute atomic E-state index is 0.00170. The number of carbonyl (C=O) groups excluding carboxylic acids is 2. The number of carbonyl (C=O) groups is 2. The zero-order chi connectivity index (χ0) is 24.1. The van der Waals surface area contributed by atoms with Gasteiger partial charge in [-0.15, -0.1) is 5.10 Å². The van der Waals surface area contributed by atoms with Crippen LogP contribution in [0.3, 0.4) is 0 Å². The average Bonchev–Trinajstić information content (AvgIpc) is 3.31. The molecule has 1 aromatic carbocycles. The molecule has 2 heterocycles. The molecule has 2 N–H and O–H groups in total. The van der Waals surface area contributed by atoms with Crippen molar-refractivity contribution in [2.45, 2.75) is 31.8 Å². The zero-order valence-corrected chi connectivity index (χ0v) is 19.6. The Morgan fingerprint density at radius 1 is 1.09 bits per heavy atom. The maximum Gasteiger partial charge on any atom is 0.320 e. The van der Waals surface area contributed by atoms with Crippen molar-refractivity contribution < 1.29 is 23.5 Å². The van der Waals surface area contributed by atoms with Crippen molar-refractivity contribution in [3.63, 3.8) is 0 Å². The summed E-state index contributed by atoms with van der Waals surface area (Å²) in [5, 5.41) is 13.8. The summed E-state index contributed by atoms with van der Waals surface area (Å²) in [5.41, 5.74) is 0.931. The van der Waals surface area contributed by atoms with E-state index in [-0.39, 0.29) is 29.9 Å². The number of ether oxygens (including phenoxy) is 2. The molecule has 1 fully saturated rings. The van der Waals surface area contributed by atoms with Crippen LogP contribution in [-0.4, -0.2) is 40.3 Å². The fourth-order valence-electron chi connectivity index (χ4n) is 3.53. The van der Waals surface area contributed by atoms with Gasteiger partial charge in [0, 0.05) is 11.1 Å². The van der Waals surface area contributed by atoms with E-state index in [2.05, 4.69) is 25.8 Å². The maximum absolute atomic E-state index is 12.4. The number of aromatic nitrogens is 3. The summed E-state index contributed by atoms with van der Waals surface area (Å²) in [6.07, 6.45) is 4.38. The fraction of sp³-hybridized carbons (Fsp3) is 0.318. The Hall–Kier alpha value is -3.37. The topological polar surface area (TPSA) is 128 Å². The van der Waals surface area contributed by atoms with Gasteiger partial charge in [-0.1, -0.05) is 28.3 Å². The molecule has 12 heteroatoms. The number of nitrogens with one attached hydrogen (secondary N) is 2. The number of benzene rings is 1. The molecule has 178 valence electrons. The van der Waals surface area contributed by atoms with Crippen molar-refractivity contribution in [2.75, 3.05) is 17.7 Å². The molecule has 0 radical (unpaired) electrons. The maximum atomic E-state index is 12.4. The van der Waals surface area contributed by atoms with Gasteiger partial charge in [0.15, 0.2) is 0 Å². The summed E-state index contributed by atoms with van der Waals surface area (Å²) in [5.74, 6) is -0.646. The number of pyridine rings is 1. The van der Waals surface area contributed by atoms with Gasteiger partial charge in [-0.05, 0) is 49.9 Å². The van der Waals surface area contributed by atoms with Crippen LogP contribution in [0.25, 0.3) is 0 Å². The second kappa shape index (κ2) is 10.7. The van der Waals surface area contributed by atoms with Gasteiger partial charge in [-0.2, -0.15) is 0 Å². The van der Waals surface area contributed by atoms with Crippen LogP contribution in [0.2, 0.25) is 10.0 Å². The highest BCUT2D eigenvalue weighted by Gasteiger charge is 2.28. The van der Waals surface area contributed by atoms with Crippen molar-refractivity contribution in [3.8, 4) is 5.88 Å². The Morgan fingerprint density at radius 3 is 2.56 bits per heavy atom. The Kier molecular flexibility index (Phi) is 7.49. The first-order valence-electron chi connectivity index (χ1n) is 10.5. The highest BCUT2D eigenvalue weighted by molar-refractivity contribution is 6.36. The number of nitrogens with zero attached hydrogens (tertiary/aromatic N) is 3. The van der Waals surface area contributed by atoms with Gasteiger partial charge < -0.3 is 24.5 Å². The SMILES string of the molecule is COC(=O)[C@H]1CC[C@@H](Oc2ccc(NC(=O)c3nnc(Nc4ccc(Cl)cc4Cl)o3)cn2)CC1. The van der Waals surface area contributed by atoms with Crippen LogP contribution in [0.1, 0.15) is 36.4 Å². The molecule has 2 aromatic heterocycles. The molecule has 0 spiro atoms. The van der Waals surface area contributed by atoms with E-state index >= 15 is 0 Å². The molecule has 1 saturated carbocycles. The van der Waals surface area contributed by atoms with Gasteiger partial charge >= 0.3 is 23.8 Å². The van der Waals surface area contributed by atoms with E-state index in [9.17, 15) is 9.59 Å². The Labute approximate surface area is 205 Å². The molecule has 0 unspecified atom stereocenters. The molecule has 1 aliphatic carbocycles. The number of hydrogen-bond donors (Lipinski definition) is 2. The normalized spacial score (nSPS) is 17.6. The standard InChI is InChI=1S/C22H21Cl2N5O5/c1-32-21(31)12-2-6-15(7-3-12)33-18-9-5-14(11-25-18)26-19(30)20-28-29-22(34-20)27-17-8-4-13(23)10-16(17)24/h4-5,8-12,15H,2-3,6-7H2,1H3,(H,26,30)(H,27,29)/t12-,15+. The molecule has 0 atom stereocenters. The van der Waals surface area contributed by atoms with Crippen LogP contribution in [0.5, 0.6) is 5.88 Å². The van der Waals surface area contributed by atoms with E-state index in [4.69, 9.17) is 37.1 Å². The van der Waals surface area contributed by atoms with Crippen molar-refractivity contribution in [1.82, 2.24) is 15.2 Å². The van der Waals surface area contributed by atoms with Crippen LogP contribution in [0.4, 0.5) is 17.4 Å². The lowest BCUT2D eigenvalue weighted by molar-refractivity contribution is -0.147. The van der Waals surface area contributed by atoms with Crippen molar-refractivity contribution >= 4 is 52.5 Å².